The second-order valence-electron chi connectivity index (χ2n) is 13.4. The summed E-state index contributed by atoms with van der Waals surface area (Å²) in [5.74, 6) is -0.353. The molecule has 0 bridgehead atoms. The summed E-state index contributed by atoms with van der Waals surface area (Å²) in [6, 6.07) is 65.7. The highest BCUT2D eigenvalue weighted by Crippen LogP contribution is 2.39. The molecule has 0 saturated carbocycles. The third-order valence-electron chi connectivity index (χ3n) is 9.73. The Morgan fingerprint density at radius 1 is 0.517 bits per heavy atom. The monoisotopic (exact) mass is 751 g/mol. The average Bonchev–Trinajstić information content (AvgIpc) is 3.28. The zero-order valence-corrected chi connectivity index (χ0v) is 31.4. The van der Waals surface area contributed by atoms with Crippen LogP contribution in [0.3, 0.4) is 0 Å². The van der Waals surface area contributed by atoms with Gasteiger partial charge >= 0.3 is 5.97 Å². The first-order valence-electron chi connectivity index (χ1n) is 18.8. The van der Waals surface area contributed by atoms with Gasteiger partial charge in [0, 0.05) is 45.3 Å². The van der Waals surface area contributed by atoms with Crippen molar-refractivity contribution >= 4 is 51.7 Å². The van der Waals surface area contributed by atoms with E-state index in [1.165, 1.54) is 0 Å². The van der Waals surface area contributed by atoms with Gasteiger partial charge < -0.3 is 19.6 Å². The molecule has 7 aromatic rings. The van der Waals surface area contributed by atoms with Crippen molar-refractivity contribution in [1.29, 1.82) is 5.26 Å². The van der Waals surface area contributed by atoms with Crippen LogP contribution in [0.25, 0.3) is 22.8 Å². The number of rotatable bonds is 11. The van der Waals surface area contributed by atoms with Gasteiger partial charge in [-0.15, -0.1) is 0 Å². The van der Waals surface area contributed by atoms with Gasteiger partial charge in [0.15, 0.2) is 0 Å². The Morgan fingerprint density at radius 3 is 1.40 bits per heavy atom. The van der Waals surface area contributed by atoms with Crippen molar-refractivity contribution in [1.82, 2.24) is 0 Å². The Labute approximate surface area is 338 Å². The number of hydrogen-bond acceptors (Lipinski definition) is 5. The van der Waals surface area contributed by atoms with E-state index in [1.807, 2.05) is 54.6 Å². The smallest absolute Gasteiger partial charge is 0.347 e. The lowest BCUT2D eigenvalue weighted by molar-refractivity contribution is -0.132. The molecule has 0 atom stereocenters. The minimum atomic E-state index is -1.28. The number of carboxylic acid groups (broad SMARTS) is 1. The second-order valence-corrected chi connectivity index (χ2v) is 13.4. The van der Waals surface area contributed by atoms with Gasteiger partial charge in [0.05, 0.1) is 0 Å². The van der Waals surface area contributed by atoms with Crippen LogP contribution in [0.4, 0.5) is 34.1 Å². The summed E-state index contributed by atoms with van der Waals surface area (Å²) in [6.45, 7) is 0. The van der Waals surface area contributed by atoms with E-state index in [0.717, 1.165) is 50.8 Å². The molecule has 0 unspecified atom stereocenters. The van der Waals surface area contributed by atoms with Crippen LogP contribution in [0.2, 0.25) is 0 Å². The van der Waals surface area contributed by atoms with Crippen molar-refractivity contribution in [2.45, 2.75) is 0 Å². The number of aliphatic carboxylic acids is 1. The van der Waals surface area contributed by atoms with Gasteiger partial charge in [-0.2, -0.15) is 5.26 Å². The first kappa shape index (κ1) is 36.8. The molecular weight excluding hydrogens is 715 g/mol. The maximum absolute atomic E-state index is 11.8. The predicted molar refractivity (Wildman–Crippen MR) is 235 cm³/mol. The molecule has 6 heteroatoms. The number of anilines is 6. The molecule has 0 spiro atoms. The Hall–Kier alpha value is -8.14. The van der Waals surface area contributed by atoms with Gasteiger partial charge in [-0.25, -0.2) is 4.79 Å². The first-order valence-corrected chi connectivity index (χ1v) is 18.8. The van der Waals surface area contributed by atoms with Gasteiger partial charge in [0.2, 0.25) is 0 Å². The maximum Gasteiger partial charge on any atom is 0.347 e. The summed E-state index contributed by atoms with van der Waals surface area (Å²) in [5, 5.41) is 19.1. The number of nitrogens with zero attached hydrogens (tertiary/aromatic N) is 3. The SMILES string of the molecule is N#CC(C(=O)O)=C1C=C(C=CC=Cc2ccc(N(c3ccccc3)c3ccc(-c4ccc(N(c5ccccc5)c5ccccc5)cc4)cc3)cc2)Oc2ccccc21. The lowest BCUT2D eigenvalue weighted by Crippen LogP contribution is -2.09. The van der Waals surface area contributed by atoms with E-state index in [9.17, 15) is 15.2 Å². The Kier molecular flexibility index (Phi) is 10.9. The maximum atomic E-state index is 11.8. The van der Waals surface area contributed by atoms with Crippen LogP contribution in [0, 0.1) is 11.3 Å². The molecule has 0 saturated heterocycles. The first-order chi connectivity index (χ1) is 28.6. The molecule has 8 rings (SSSR count). The summed E-state index contributed by atoms with van der Waals surface area (Å²) in [5.41, 5.74) is 10.2. The number of carbonyl (C=O) groups is 1. The fourth-order valence-electron chi connectivity index (χ4n) is 6.95. The quantitative estimate of drug-likeness (QED) is 0.0806. The molecule has 1 N–H and O–H groups in total. The Bertz CT molecular complexity index is 2660. The zero-order chi connectivity index (χ0) is 39.7. The van der Waals surface area contributed by atoms with E-state index >= 15 is 0 Å². The minimum absolute atomic E-state index is 0.317. The molecule has 1 aliphatic rings. The minimum Gasteiger partial charge on any atom is -0.477 e. The molecule has 0 amide bonds. The van der Waals surface area contributed by atoms with Gasteiger partial charge in [-0.1, -0.05) is 127 Å². The number of fused-ring (bicyclic) bond motifs is 1. The molecule has 6 nitrogen and oxygen atoms in total. The van der Waals surface area contributed by atoms with E-state index in [4.69, 9.17) is 4.74 Å². The van der Waals surface area contributed by atoms with E-state index in [-0.39, 0.29) is 5.57 Å². The van der Waals surface area contributed by atoms with Crippen molar-refractivity contribution in [3.8, 4) is 22.9 Å². The molecule has 278 valence electrons. The zero-order valence-electron chi connectivity index (χ0n) is 31.4. The van der Waals surface area contributed by atoms with E-state index in [1.54, 1.807) is 36.4 Å². The van der Waals surface area contributed by atoms with Crippen molar-refractivity contribution < 1.29 is 14.6 Å². The van der Waals surface area contributed by atoms with Crippen molar-refractivity contribution in [3.05, 3.63) is 235 Å². The highest BCUT2D eigenvalue weighted by atomic mass is 16.5. The van der Waals surface area contributed by atoms with Crippen LogP contribution in [0.15, 0.2) is 224 Å². The molecule has 0 fully saturated rings. The molecular formula is C52H37N3O3. The van der Waals surface area contributed by atoms with Crippen LogP contribution < -0.4 is 14.5 Å². The predicted octanol–water partition coefficient (Wildman–Crippen LogP) is 13.2. The molecule has 1 heterocycles. The van der Waals surface area contributed by atoms with Gasteiger partial charge in [-0.05, 0) is 108 Å². The van der Waals surface area contributed by atoms with E-state index in [0.29, 0.717) is 22.6 Å². The molecule has 58 heavy (non-hydrogen) atoms. The number of allylic oxidation sites excluding steroid dienone is 5. The second kappa shape index (κ2) is 17.1. The van der Waals surface area contributed by atoms with Gasteiger partial charge in [0.1, 0.15) is 23.2 Å². The van der Waals surface area contributed by atoms with Crippen LogP contribution >= 0.6 is 0 Å². The summed E-state index contributed by atoms with van der Waals surface area (Å²) in [6.07, 6.45) is 9.04. The van der Waals surface area contributed by atoms with Crippen LogP contribution in [-0.4, -0.2) is 11.1 Å². The van der Waals surface area contributed by atoms with E-state index < -0.39 is 5.97 Å². The number of hydrogen-bond donors (Lipinski definition) is 1. The van der Waals surface area contributed by atoms with Crippen molar-refractivity contribution in [3.63, 3.8) is 0 Å². The normalized spacial score (nSPS) is 12.9. The molecule has 7 aromatic carbocycles. The number of nitriles is 1. The largest absolute Gasteiger partial charge is 0.477 e. The van der Waals surface area contributed by atoms with Crippen LogP contribution in [-0.2, 0) is 4.79 Å². The summed E-state index contributed by atoms with van der Waals surface area (Å²) in [4.78, 5) is 16.3. The third kappa shape index (κ3) is 8.11. The lowest BCUT2D eigenvalue weighted by Gasteiger charge is -2.26. The Morgan fingerprint density at radius 2 is 0.931 bits per heavy atom. The fourth-order valence-corrected chi connectivity index (χ4v) is 6.95. The number of carboxylic acids is 1. The van der Waals surface area contributed by atoms with Gasteiger partial charge in [-0.3, -0.25) is 0 Å². The van der Waals surface area contributed by atoms with Crippen molar-refractivity contribution in [2.75, 3.05) is 9.80 Å². The molecule has 0 aromatic heterocycles. The number of benzene rings is 7. The van der Waals surface area contributed by atoms with Gasteiger partial charge in [0.25, 0.3) is 0 Å². The standard InChI is InChI=1S/C52H37N3O3/c53-37-50(52(56)57)49-36-47(58-51-23-13-12-22-48(49)51)21-11-10-14-38-24-30-44(31-25-38)55(43-19-8-3-9-20-43)46-34-28-40(29-35-46)39-26-32-45(33-27-39)54(41-15-4-1-5-16-41)42-17-6-2-7-18-42/h1-36H,(H,56,57). The third-order valence-corrected chi connectivity index (χ3v) is 9.73. The summed E-state index contributed by atoms with van der Waals surface area (Å²) < 4.78 is 5.99. The summed E-state index contributed by atoms with van der Waals surface area (Å²) in [7, 11) is 0. The molecule has 0 aliphatic carbocycles. The lowest BCUT2D eigenvalue weighted by atomic mass is 9.96. The van der Waals surface area contributed by atoms with Crippen LogP contribution in [0.1, 0.15) is 11.1 Å². The van der Waals surface area contributed by atoms with Crippen LogP contribution in [0.5, 0.6) is 5.75 Å². The topological polar surface area (TPSA) is 76.8 Å². The number of para-hydroxylation sites is 4. The Balaban J connectivity index is 1.00. The highest BCUT2D eigenvalue weighted by Gasteiger charge is 2.22. The fraction of sp³-hybridized carbons (Fsp3) is 0. The average molecular weight is 752 g/mol. The van der Waals surface area contributed by atoms with Crippen molar-refractivity contribution in [2.24, 2.45) is 0 Å². The summed E-state index contributed by atoms with van der Waals surface area (Å²) >= 11 is 0. The molecule has 1 aliphatic heterocycles. The van der Waals surface area contributed by atoms with E-state index in [2.05, 4.69) is 143 Å². The highest BCUT2D eigenvalue weighted by molar-refractivity contribution is 6.04. The number of ether oxygens (including phenoxy) is 1. The molecule has 0 radical (unpaired) electrons.